The summed E-state index contributed by atoms with van der Waals surface area (Å²) in [6, 6.07) is 5.92. The molecule has 23 heavy (non-hydrogen) atoms. The molecule has 0 aromatic heterocycles. The van der Waals surface area contributed by atoms with Crippen LogP contribution in [0.5, 0.6) is 0 Å². The summed E-state index contributed by atoms with van der Waals surface area (Å²) in [6.45, 7) is 0.349. The van der Waals surface area contributed by atoms with Gasteiger partial charge in [-0.05, 0) is 31.0 Å². The molecule has 1 N–H and O–H groups in total. The van der Waals surface area contributed by atoms with Crippen LogP contribution in [0.25, 0.3) is 0 Å². The maximum atomic E-state index is 12.8. The van der Waals surface area contributed by atoms with Gasteiger partial charge in [0.15, 0.2) is 0 Å². The molecule has 1 heterocycles. The maximum Gasteiger partial charge on any atom is 0.253 e. The molecule has 1 saturated carbocycles. The number of hydrogen-bond acceptors (Lipinski definition) is 3. The molecule has 1 aromatic carbocycles. The van der Waals surface area contributed by atoms with Gasteiger partial charge in [-0.25, -0.2) is 0 Å². The standard InChI is InChI=1S/C18H25N3O2/c1-20-12-17(22)19-15-11-13(9-10-16(15)20)18(23)21(2)14-7-5-3-4-6-8-14/h9-11,14H,3-8,12H2,1-2H3,(H,19,22). The number of nitrogens with zero attached hydrogens (tertiary/aromatic N) is 2. The zero-order valence-electron chi connectivity index (χ0n) is 14.0. The smallest absolute Gasteiger partial charge is 0.253 e. The average Bonchev–Trinajstić information content (AvgIpc) is 2.82. The highest BCUT2D eigenvalue weighted by molar-refractivity contribution is 6.03. The van der Waals surface area contributed by atoms with Crippen molar-refractivity contribution in [3.05, 3.63) is 23.8 Å². The Kier molecular flexibility index (Phi) is 4.55. The third-order valence-electron chi connectivity index (χ3n) is 5.00. The number of fused-ring (bicyclic) bond motifs is 1. The first-order chi connectivity index (χ1) is 11.1. The molecule has 5 heteroatoms. The first-order valence-electron chi connectivity index (χ1n) is 8.48. The van der Waals surface area contributed by atoms with Gasteiger partial charge < -0.3 is 15.1 Å². The van der Waals surface area contributed by atoms with E-state index in [0.29, 0.717) is 18.2 Å². The molecule has 1 aliphatic carbocycles. The van der Waals surface area contributed by atoms with E-state index in [4.69, 9.17) is 0 Å². The van der Waals surface area contributed by atoms with Crippen molar-refractivity contribution in [3.63, 3.8) is 0 Å². The zero-order valence-corrected chi connectivity index (χ0v) is 14.0. The van der Waals surface area contributed by atoms with Gasteiger partial charge in [0.25, 0.3) is 5.91 Å². The monoisotopic (exact) mass is 315 g/mol. The molecule has 0 saturated heterocycles. The first-order valence-corrected chi connectivity index (χ1v) is 8.48. The van der Waals surface area contributed by atoms with Crippen LogP contribution in [-0.2, 0) is 4.79 Å². The fourth-order valence-corrected chi connectivity index (χ4v) is 3.61. The number of amides is 2. The molecule has 0 radical (unpaired) electrons. The van der Waals surface area contributed by atoms with E-state index in [-0.39, 0.29) is 11.8 Å². The molecule has 124 valence electrons. The number of carbonyl (C=O) groups excluding carboxylic acids is 2. The van der Waals surface area contributed by atoms with Crippen molar-refractivity contribution in [1.82, 2.24) is 4.90 Å². The van der Waals surface area contributed by atoms with Crippen molar-refractivity contribution in [2.45, 2.75) is 44.6 Å². The minimum Gasteiger partial charge on any atom is -0.364 e. The first kappa shape index (κ1) is 15.8. The summed E-state index contributed by atoms with van der Waals surface area (Å²) in [5.74, 6) is 0.00361. The number of rotatable bonds is 2. The van der Waals surface area contributed by atoms with Crippen molar-refractivity contribution in [2.24, 2.45) is 0 Å². The van der Waals surface area contributed by atoms with Crippen molar-refractivity contribution < 1.29 is 9.59 Å². The average molecular weight is 315 g/mol. The largest absolute Gasteiger partial charge is 0.364 e. The highest BCUT2D eigenvalue weighted by Gasteiger charge is 2.24. The second-order valence-electron chi connectivity index (χ2n) is 6.70. The van der Waals surface area contributed by atoms with Crippen LogP contribution in [0.4, 0.5) is 11.4 Å². The molecule has 0 bridgehead atoms. The number of carbonyl (C=O) groups is 2. The Morgan fingerprint density at radius 3 is 2.61 bits per heavy atom. The summed E-state index contributed by atoms with van der Waals surface area (Å²) >= 11 is 0. The number of nitrogens with one attached hydrogen (secondary N) is 1. The van der Waals surface area contributed by atoms with E-state index in [1.54, 1.807) is 6.07 Å². The molecule has 1 fully saturated rings. The highest BCUT2D eigenvalue weighted by atomic mass is 16.2. The van der Waals surface area contributed by atoms with Gasteiger partial charge in [0.05, 0.1) is 17.9 Å². The highest BCUT2D eigenvalue weighted by Crippen LogP contribution is 2.30. The lowest BCUT2D eigenvalue weighted by atomic mass is 10.0. The van der Waals surface area contributed by atoms with Crippen LogP contribution >= 0.6 is 0 Å². The van der Waals surface area contributed by atoms with E-state index in [9.17, 15) is 9.59 Å². The normalized spacial score (nSPS) is 18.9. The lowest BCUT2D eigenvalue weighted by Gasteiger charge is -2.30. The molecule has 2 aliphatic rings. The summed E-state index contributed by atoms with van der Waals surface area (Å²) in [4.78, 5) is 28.3. The van der Waals surface area contributed by atoms with Crippen LogP contribution in [0.1, 0.15) is 48.9 Å². The second kappa shape index (κ2) is 6.60. The SMILES string of the molecule is CN1CC(=O)Nc2cc(C(=O)N(C)C3CCCCCC3)ccc21. The van der Waals surface area contributed by atoms with Gasteiger partial charge in [-0.2, -0.15) is 0 Å². The molecule has 5 nitrogen and oxygen atoms in total. The third kappa shape index (κ3) is 3.33. The topological polar surface area (TPSA) is 52.7 Å². The van der Waals surface area contributed by atoms with Crippen molar-refractivity contribution in [3.8, 4) is 0 Å². The number of anilines is 2. The second-order valence-corrected chi connectivity index (χ2v) is 6.70. The molecular weight excluding hydrogens is 290 g/mol. The van der Waals surface area contributed by atoms with Gasteiger partial charge >= 0.3 is 0 Å². The lowest BCUT2D eigenvalue weighted by Crippen LogP contribution is -2.37. The summed E-state index contributed by atoms with van der Waals surface area (Å²) in [5, 5.41) is 2.86. The van der Waals surface area contributed by atoms with E-state index in [1.165, 1.54) is 25.7 Å². The summed E-state index contributed by atoms with van der Waals surface area (Å²) in [6.07, 6.45) is 7.13. The van der Waals surface area contributed by atoms with E-state index in [1.807, 2.05) is 36.0 Å². The van der Waals surface area contributed by atoms with Crippen LogP contribution in [0.15, 0.2) is 18.2 Å². The predicted octanol–water partition coefficient (Wildman–Crippen LogP) is 2.87. The molecular formula is C18H25N3O2. The Balaban J connectivity index is 1.79. The number of likely N-dealkylation sites (N-methyl/N-ethyl adjacent to an activating group) is 1. The fourth-order valence-electron chi connectivity index (χ4n) is 3.61. The molecule has 0 spiro atoms. The molecule has 0 unspecified atom stereocenters. The quantitative estimate of drug-likeness (QED) is 0.854. The van der Waals surface area contributed by atoms with Gasteiger partial charge in [0, 0.05) is 25.7 Å². The number of hydrogen-bond donors (Lipinski definition) is 1. The third-order valence-corrected chi connectivity index (χ3v) is 5.00. The molecule has 0 atom stereocenters. The summed E-state index contributed by atoms with van der Waals surface area (Å²) in [7, 11) is 3.79. The molecule has 2 amide bonds. The van der Waals surface area contributed by atoms with Crippen molar-refractivity contribution in [2.75, 3.05) is 30.9 Å². The minimum absolute atomic E-state index is 0.0401. The van der Waals surface area contributed by atoms with Gasteiger partial charge in [-0.1, -0.05) is 25.7 Å². The van der Waals surface area contributed by atoms with E-state index < -0.39 is 0 Å². The van der Waals surface area contributed by atoms with Crippen LogP contribution in [0.2, 0.25) is 0 Å². The van der Waals surface area contributed by atoms with Crippen molar-refractivity contribution >= 4 is 23.2 Å². The molecule has 3 rings (SSSR count). The van der Waals surface area contributed by atoms with Gasteiger partial charge in [-0.3, -0.25) is 9.59 Å². The Labute approximate surface area is 137 Å². The molecule has 1 aliphatic heterocycles. The van der Waals surface area contributed by atoms with Crippen LogP contribution in [0.3, 0.4) is 0 Å². The van der Waals surface area contributed by atoms with Crippen LogP contribution < -0.4 is 10.2 Å². The van der Waals surface area contributed by atoms with Crippen molar-refractivity contribution in [1.29, 1.82) is 0 Å². The Morgan fingerprint density at radius 2 is 1.91 bits per heavy atom. The van der Waals surface area contributed by atoms with E-state index in [2.05, 4.69) is 5.32 Å². The van der Waals surface area contributed by atoms with Gasteiger partial charge in [-0.15, -0.1) is 0 Å². The van der Waals surface area contributed by atoms with Gasteiger partial charge in [0.1, 0.15) is 0 Å². The summed E-state index contributed by atoms with van der Waals surface area (Å²) < 4.78 is 0. The zero-order chi connectivity index (χ0) is 16.4. The van der Waals surface area contributed by atoms with Crippen LogP contribution in [-0.4, -0.2) is 43.4 Å². The molecule has 1 aromatic rings. The predicted molar refractivity (Wildman–Crippen MR) is 91.9 cm³/mol. The van der Waals surface area contributed by atoms with Gasteiger partial charge in [0.2, 0.25) is 5.91 Å². The maximum absolute atomic E-state index is 12.8. The minimum atomic E-state index is -0.0401. The summed E-state index contributed by atoms with van der Waals surface area (Å²) in [5.41, 5.74) is 2.33. The fraction of sp³-hybridized carbons (Fsp3) is 0.556. The van der Waals surface area contributed by atoms with E-state index in [0.717, 1.165) is 24.2 Å². The number of benzene rings is 1. The Bertz CT molecular complexity index is 606. The van der Waals surface area contributed by atoms with E-state index >= 15 is 0 Å². The lowest BCUT2D eigenvalue weighted by molar-refractivity contribution is -0.115. The van der Waals surface area contributed by atoms with Crippen LogP contribution in [0, 0.1) is 0 Å². The Morgan fingerprint density at radius 1 is 1.22 bits per heavy atom. The Hall–Kier alpha value is -2.04.